The van der Waals surface area contributed by atoms with Crippen molar-refractivity contribution in [2.45, 2.75) is 0 Å². The second kappa shape index (κ2) is 2.49. The Morgan fingerprint density at radius 2 is 2.45 bits per heavy atom. The molecule has 0 spiro atoms. The van der Waals surface area contributed by atoms with Gasteiger partial charge in [-0.1, -0.05) is 0 Å². The van der Waals surface area contributed by atoms with Crippen LogP contribution in [0.25, 0.3) is 11.5 Å². The number of hydrogen-bond acceptors (Lipinski definition) is 4. The molecule has 2 aromatic rings. The predicted molar refractivity (Wildman–Crippen MR) is 36.4 cm³/mol. The first-order valence-corrected chi connectivity index (χ1v) is 3.07. The topological polar surface area (TPSA) is 51.8 Å². The maximum absolute atomic E-state index is 4.83. The summed E-state index contributed by atoms with van der Waals surface area (Å²) in [6, 6.07) is 3.65. The van der Waals surface area contributed by atoms with Gasteiger partial charge in [-0.05, 0) is 12.1 Å². The lowest BCUT2D eigenvalue weighted by molar-refractivity contribution is 0.558. The van der Waals surface area contributed by atoms with Crippen LogP contribution in [0.4, 0.5) is 0 Å². The first-order valence-electron chi connectivity index (χ1n) is 3.07. The molecule has 0 bridgehead atoms. The van der Waals surface area contributed by atoms with Crippen molar-refractivity contribution in [3.05, 3.63) is 30.9 Å². The second-order valence-corrected chi connectivity index (χ2v) is 1.94. The Morgan fingerprint density at radius 1 is 1.45 bits per heavy atom. The van der Waals surface area contributed by atoms with Crippen molar-refractivity contribution in [1.29, 1.82) is 0 Å². The maximum Gasteiger partial charge on any atom is 0.306 e. The van der Waals surface area contributed by atoms with Crippen molar-refractivity contribution in [3.63, 3.8) is 0 Å². The van der Waals surface area contributed by atoms with Gasteiger partial charge in [0.25, 0.3) is 0 Å². The molecule has 2 heterocycles. The van der Waals surface area contributed by atoms with Crippen molar-refractivity contribution in [1.82, 2.24) is 15.2 Å². The highest BCUT2D eigenvalue weighted by molar-refractivity contribution is 5.49. The monoisotopic (exact) mass is 146 g/mol. The van der Waals surface area contributed by atoms with E-state index in [2.05, 4.69) is 21.6 Å². The normalized spacial score (nSPS) is 9.82. The third kappa shape index (κ3) is 1.10. The van der Waals surface area contributed by atoms with Crippen LogP contribution in [0.15, 0.2) is 28.9 Å². The molecule has 4 heteroatoms. The summed E-state index contributed by atoms with van der Waals surface area (Å²) in [6.07, 6.45) is 5.60. The minimum atomic E-state index is 0.443. The molecule has 11 heavy (non-hydrogen) atoms. The molecule has 53 valence electrons. The fraction of sp³-hybridized carbons (Fsp3) is 0. The smallest absolute Gasteiger partial charge is 0.306 e. The number of nitrogens with zero attached hydrogens (tertiary/aromatic N) is 3. The van der Waals surface area contributed by atoms with Gasteiger partial charge in [0.15, 0.2) is 0 Å². The highest BCUT2D eigenvalue weighted by atomic mass is 16.4. The van der Waals surface area contributed by atoms with Gasteiger partial charge in [0, 0.05) is 12.4 Å². The highest BCUT2D eigenvalue weighted by Gasteiger charge is 2.00. The summed E-state index contributed by atoms with van der Waals surface area (Å²) < 4.78 is 4.83. The highest BCUT2D eigenvalue weighted by Crippen LogP contribution is 2.12. The Kier molecular flexibility index (Phi) is 1.37. The SMILES string of the molecule is [c]1nnc(-c2cccnc2)o1. The molecule has 0 saturated carbocycles. The van der Waals surface area contributed by atoms with Crippen LogP contribution >= 0.6 is 0 Å². The Morgan fingerprint density at radius 3 is 3.09 bits per heavy atom. The number of aromatic nitrogens is 3. The van der Waals surface area contributed by atoms with Gasteiger partial charge >= 0.3 is 6.39 Å². The van der Waals surface area contributed by atoms with Crippen LogP contribution < -0.4 is 0 Å². The molecule has 0 N–H and O–H groups in total. The Hall–Kier alpha value is -1.71. The van der Waals surface area contributed by atoms with Gasteiger partial charge in [-0.2, -0.15) is 0 Å². The molecule has 0 fully saturated rings. The Balaban J connectivity index is 2.46. The van der Waals surface area contributed by atoms with E-state index in [0.717, 1.165) is 5.56 Å². The molecular formula is C7H4N3O. The number of hydrogen-bond donors (Lipinski definition) is 0. The molecular weight excluding hydrogens is 142 g/mol. The van der Waals surface area contributed by atoms with Gasteiger partial charge in [-0.25, -0.2) is 0 Å². The van der Waals surface area contributed by atoms with E-state index >= 15 is 0 Å². The number of pyridine rings is 1. The van der Waals surface area contributed by atoms with Crippen molar-refractivity contribution in [2.24, 2.45) is 0 Å². The molecule has 0 aliphatic rings. The van der Waals surface area contributed by atoms with Crippen molar-refractivity contribution < 1.29 is 4.42 Å². The predicted octanol–water partition coefficient (Wildman–Crippen LogP) is 0.932. The summed E-state index contributed by atoms with van der Waals surface area (Å²) in [4.78, 5) is 3.90. The standard InChI is InChI=1S/C7H4N3O/c1-2-6(4-8-3-1)7-10-9-5-11-7/h1-4H. The molecule has 0 aliphatic carbocycles. The zero-order chi connectivity index (χ0) is 7.52. The van der Waals surface area contributed by atoms with Crippen LogP contribution in [0.3, 0.4) is 0 Å². The largest absolute Gasteiger partial charge is 0.412 e. The summed E-state index contributed by atoms with van der Waals surface area (Å²) in [5.41, 5.74) is 0.807. The van der Waals surface area contributed by atoms with E-state index in [9.17, 15) is 0 Å². The van der Waals surface area contributed by atoms with Crippen LogP contribution in [-0.2, 0) is 0 Å². The maximum atomic E-state index is 4.83. The Bertz CT molecular complexity index is 317. The minimum absolute atomic E-state index is 0.443. The fourth-order valence-corrected chi connectivity index (χ4v) is 0.756. The summed E-state index contributed by atoms with van der Waals surface area (Å²) in [5.74, 6) is 0.443. The summed E-state index contributed by atoms with van der Waals surface area (Å²) in [6.45, 7) is 0. The van der Waals surface area contributed by atoms with Gasteiger partial charge in [0.2, 0.25) is 5.89 Å². The van der Waals surface area contributed by atoms with Crippen LogP contribution in [0.1, 0.15) is 0 Å². The van der Waals surface area contributed by atoms with E-state index in [1.165, 1.54) is 0 Å². The zero-order valence-corrected chi connectivity index (χ0v) is 5.56. The molecule has 4 nitrogen and oxygen atoms in total. The van der Waals surface area contributed by atoms with E-state index < -0.39 is 0 Å². The van der Waals surface area contributed by atoms with Gasteiger partial charge in [0.1, 0.15) is 0 Å². The molecule has 0 aliphatic heterocycles. The minimum Gasteiger partial charge on any atom is -0.412 e. The average Bonchev–Trinajstić information content (AvgIpc) is 2.58. The van der Waals surface area contributed by atoms with Gasteiger partial charge < -0.3 is 4.42 Å². The second-order valence-electron chi connectivity index (χ2n) is 1.94. The van der Waals surface area contributed by atoms with Gasteiger partial charge in [-0.3, -0.25) is 4.98 Å². The molecule has 0 amide bonds. The van der Waals surface area contributed by atoms with Crippen molar-refractivity contribution >= 4 is 0 Å². The van der Waals surface area contributed by atoms with E-state index in [1.54, 1.807) is 18.5 Å². The van der Waals surface area contributed by atoms with Crippen molar-refractivity contribution in [3.8, 4) is 11.5 Å². The zero-order valence-electron chi connectivity index (χ0n) is 5.56. The molecule has 1 radical (unpaired) electrons. The summed E-state index contributed by atoms with van der Waals surface area (Å²) in [7, 11) is 0. The van der Waals surface area contributed by atoms with E-state index in [1.807, 2.05) is 6.07 Å². The first-order chi connectivity index (χ1) is 5.47. The van der Waals surface area contributed by atoms with Crippen molar-refractivity contribution in [2.75, 3.05) is 0 Å². The average molecular weight is 146 g/mol. The summed E-state index contributed by atoms with van der Waals surface area (Å²) >= 11 is 0. The quantitative estimate of drug-likeness (QED) is 0.600. The number of rotatable bonds is 1. The van der Waals surface area contributed by atoms with E-state index in [0.29, 0.717) is 5.89 Å². The molecule has 0 saturated heterocycles. The lowest BCUT2D eigenvalue weighted by atomic mass is 10.3. The third-order valence-corrected chi connectivity index (χ3v) is 1.23. The van der Waals surface area contributed by atoms with E-state index in [4.69, 9.17) is 4.42 Å². The fourth-order valence-electron chi connectivity index (χ4n) is 0.756. The Labute approximate surface area is 62.9 Å². The lowest BCUT2D eigenvalue weighted by Crippen LogP contribution is -1.77. The third-order valence-electron chi connectivity index (χ3n) is 1.23. The molecule has 0 atom stereocenters. The summed E-state index contributed by atoms with van der Waals surface area (Å²) in [5, 5.41) is 7.10. The van der Waals surface area contributed by atoms with Gasteiger partial charge in [-0.15, -0.1) is 10.2 Å². The van der Waals surface area contributed by atoms with Crippen LogP contribution in [0.2, 0.25) is 0 Å². The van der Waals surface area contributed by atoms with Crippen LogP contribution in [0.5, 0.6) is 0 Å². The molecule has 2 aromatic heterocycles. The molecule has 0 unspecified atom stereocenters. The first kappa shape index (κ1) is 6.03. The van der Waals surface area contributed by atoms with Crippen LogP contribution in [0, 0.1) is 6.39 Å². The van der Waals surface area contributed by atoms with E-state index in [-0.39, 0.29) is 0 Å². The lowest BCUT2D eigenvalue weighted by Gasteiger charge is -1.88. The molecule has 0 aromatic carbocycles. The van der Waals surface area contributed by atoms with Gasteiger partial charge in [0.05, 0.1) is 5.56 Å². The van der Waals surface area contributed by atoms with Crippen LogP contribution in [-0.4, -0.2) is 15.2 Å². The molecule has 2 rings (SSSR count).